The predicted octanol–water partition coefficient (Wildman–Crippen LogP) is 1.04. The van der Waals surface area contributed by atoms with Crippen molar-refractivity contribution in [3.63, 3.8) is 0 Å². The molecule has 2 rings (SSSR count). The zero-order valence-corrected chi connectivity index (χ0v) is 10.9. The summed E-state index contributed by atoms with van der Waals surface area (Å²) in [5, 5.41) is 16.3. The Hall–Kier alpha value is -1.85. The van der Waals surface area contributed by atoms with Gasteiger partial charge >= 0.3 is 0 Å². The number of carbonyl (C=O) groups excluding carboxylic acids is 1. The van der Waals surface area contributed by atoms with Crippen LogP contribution in [0.3, 0.4) is 0 Å². The van der Waals surface area contributed by atoms with Crippen molar-refractivity contribution < 1.29 is 10.0 Å². The van der Waals surface area contributed by atoms with Gasteiger partial charge in [-0.3, -0.25) is 9.48 Å². The van der Waals surface area contributed by atoms with Gasteiger partial charge in [0.05, 0.1) is 11.4 Å². The molecule has 1 N–H and O–H groups in total. The minimum Gasteiger partial charge on any atom is -0.411 e. The molecule has 0 aliphatic carbocycles. The molecule has 2 heterocycles. The van der Waals surface area contributed by atoms with Crippen LogP contribution >= 0.6 is 0 Å². The van der Waals surface area contributed by atoms with E-state index in [4.69, 9.17) is 5.21 Å². The highest BCUT2D eigenvalue weighted by Crippen LogP contribution is 2.16. The lowest BCUT2D eigenvalue weighted by Gasteiger charge is -2.31. The Morgan fingerprint density at radius 1 is 1.61 bits per heavy atom. The fraction of sp³-hybridized carbons (Fsp3) is 0.583. The van der Waals surface area contributed by atoms with E-state index in [1.165, 1.54) is 0 Å². The van der Waals surface area contributed by atoms with Crippen LogP contribution in [-0.2, 0) is 7.05 Å². The monoisotopic (exact) mass is 250 g/mol. The van der Waals surface area contributed by atoms with Crippen molar-refractivity contribution in [1.29, 1.82) is 0 Å². The van der Waals surface area contributed by atoms with Crippen LogP contribution < -0.4 is 0 Å². The van der Waals surface area contributed by atoms with Crippen molar-refractivity contribution in [2.24, 2.45) is 18.1 Å². The molecule has 1 atom stereocenters. The maximum Gasteiger partial charge on any atom is 0.272 e. The first-order chi connectivity index (χ1) is 8.52. The Balaban J connectivity index is 2.14. The van der Waals surface area contributed by atoms with E-state index in [0.29, 0.717) is 25.2 Å². The van der Waals surface area contributed by atoms with Gasteiger partial charge in [0.2, 0.25) is 0 Å². The van der Waals surface area contributed by atoms with Gasteiger partial charge in [0.1, 0.15) is 5.69 Å². The number of carbonyl (C=O) groups is 1. The van der Waals surface area contributed by atoms with E-state index in [1.54, 1.807) is 22.7 Å². The smallest absolute Gasteiger partial charge is 0.272 e. The molecule has 98 valence electrons. The van der Waals surface area contributed by atoms with Crippen LogP contribution in [0.15, 0.2) is 11.2 Å². The van der Waals surface area contributed by atoms with Crippen LogP contribution in [0.1, 0.15) is 29.5 Å². The molecule has 1 saturated heterocycles. The number of aromatic nitrogens is 2. The van der Waals surface area contributed by atoms with E-state index in [1.807, 2.05) is 13.8 Å². The minimum atomic E-state index is -0.0121. The number of aryl methyl sites for hydroxylation is 2. The van der Waals surface area contributed by atoms with E-state index in [0.717, 1.165) is 11.4 Å². The fourth-order valence-electron chi connectivity index (χ4n) is 2.33. The van der Waals surface area contributed by atoms with Crippen LogP contribution in [0.2, 0.25) is 0 Å². The number of rotatable bonds is 1. The van der Waals surface area contributed by atoms with Crippen LogP contribution in [0.4, 0.5) is 0 Å². The molecule has 0 aromatic carbocycles. The van der Waals surface area contributed by atoms with Crippen molar-refractivity contribution >= 4 is 11.6 Å². The summed E-state index contributed by atoms with van der Waals surface area (Å²) >= 11 is 0. The van der Waals surface area contributed by atoms with E-state index >= 15 is 0 Å². The molecule has 1 fully saturated rings. The summed E-state index contributed by atoms with van der Waals surface area (Å²) in [4.78, 5) is 14.1. The first kappa shape index (κ1) is 12.6. The highest BCUT2D eigenvalue weighted by molar-refractivity contribution is 5.95. The third-order valence-electron chi connectivity index (χ3n) is 3.34. The van der Waals surface area contributed by atoms with Gasteiger partial charge < -0.3 is 10.1 Å². The quantitative estimate of drug-likeness (QED) is 0.598. The standard InChI is InChI=1S/C12H18N4O2/c1-8-7-16(5-4-10(8)14-18)12(17)11-6-9(2)13-15(11)3/h6,8,18H,4-5,7H2,1-3H3. The van der Waals surface area contributed by atoms with Gasteiger partial charge in [0.25, 0.3) is 5.91 Å². The lowest BCUT2D eigenvalue weighted by Crippen LogP contribution is -2.43. The van der Waals surface area contributed by atoms with E-state index < -0.39 is 0 Å². The third-order valence-corrected chi connectivity index (χ3v) is 3.34. The number of nitrogens with zero attached hydrogens (tertiary/aromatic N) is 4. The highest BCUT2D eigenvalue weighted by atomic mass is 16.4. The zero-order valence-electron chi connectivity index (χ0n) is 10.9. The van der Waals surface area contributed by atoms with Crippen LogP contribution in [0, 0.1) is 12.8 Å². The molecule has 1 aromatic heterocycles. The summed E-state index contributed by atoms with van der Waals surface area (Å²) in [6, 6.07) is 1.79. The van der Waals surface area contributed by atoms with Crippen molar-refractivity contribution in [3.05, 3.63) is 17.5 Å². The van der Waals surface area contributed by atoms with Crippen LogP contribution in [0.25, 0.3) is 0 Å². The second-order valence-electron chi connectivity index (χ2n) is 4.79. The first-order valence-electron chi connectivity index (χ1n) is 6.03. The average molecular weight is 250 g/mol. The highest BCUT2D eigenvalue weighted by Gasteiger charge is 2.27. The molecule has 1 aromatic rings. The molecular formula is C12H18N4O2. The molecule has 0 spiro atoms. The second-order valence-corrected chi connectivity index (χ2v) is 4.79. The second kappa shape index (κ2) is 4.80. The number of piperidine rings is 1. The van der Waals surface area contributed by atoms with Gasteiger partial charge in [0.15, 0.2) is 0 Å². The SMILES string of the molecule is Cc1cc(C(=O)N2CCC(=NO)C(C)C2)n(C)n1. The average Bonchev–Trinajstić information content (AvgIpc) is 2.67. The molecule has 6 heteroatoms. The summed E-state index contributed by atoms with van der Waals surface area (Å²) in [7, 11) is 1.77. The fourth-order valence-corrected chi connectivity index (χ4v) is 2.33. The Kier molecular flexibility index (Phi) is 3.36. The summed E-state index contributed by atoms with van der Waals surface area (Å²) in [5.74, 6) is 0.0870. The van der Waals surface area contributed by atoms with Gasteiger partial charge in [-0.25, -0.2) is 0 Å². The summed E-state index contributed by atoms with van der Waals surface area (Å²) < 4.78 is 1.61. The molecule has 1 aliphatic rings. The largest absolute Gasteiger partial charge is 0.411 e. The number of amides is 1. The molecular weight excluding hydrogens is 232 g/mol. The van der Waals surface area contributed by atoms with Gasteiger partial charge in [-0.1, -0.05) is 12.1 Å². The minimum absolute atomic E-state index is 0.0121. The van der Waals surface area contributed by atoms with E-state index in [-0.39, 0.29) is 11.8 Å². The normalized spacial score (nSPS) is 22.5. The van der Waals surface area contributed by atoms with Gasteiger partial charge in [-0.05, 0) is 13.0 Å². The number of likely N-dealkylation sites (tertiary alicyclic amines) is 1. The molecule has 0 saturated carbocycles. The third kappa shape index (κ3) is 2.23. The lowest BCUT2D eigenvalue weighted by atomic mass is 9.97. The topological polar surface area (TPSA) is 70.7 Å². The maximum absolute atomic E-state index is 12.3. The zero-order chi connectivity index (χ0) is 13.3. The van der Waals surface area contributed by atoms with Crippen molar-refractivity contribution in [2.45, 2.75) is 20.3 Å². The van der Waals surface area contributed by atoms with Crippen molar-refractivity contribution in [1.82, 2.24) is 14.7 Å². The summed E-state index contributed by atoms with van der Waals surface area (Å²) in [6.07, 6.45) is 0.625. The van der Waals surface area contributed by atoms with E-state index in [2.05, 4.69) is 10.3 Å². The first-order valence-corrected chi connectivity index (χ1v) is 6.03. The molecule has 1 amide bonds. The van der Waals surface area contributed by atoms with Crippen molar-refractivity contribution in [2.75, 3.05) is 13.1 Å². The molecule has 0 radical (unpaired) electrons. The van der Waals surface area contributed by atoms with Gasteiger partial charge in [-0.15, -0.1) is 0 Å². The van der Waals surface area contributed by atoms with E-state index in [9.17, 15) is 4.79 Å². The molecule has 1 aliphatic heterocycles. The number of hydrogen-bond donors (Lipinski definition) is 1. The van der Waals surface area contributed by atoms with Crippen LogP contribution in [-0.4, -0.2) is 44.6 Å². The van der Waals surface area contributed by atoms with Gasteiger partial charge in [-0.2, -0.15) is 5.10 Å². The Morgan fingerprint density at radius 2 is 2.33 bits per heavy atom. The number of hydrogen-bond acceptors (Lipinski definition) is 4. The predicted molar refractivity (Wildman–Crippen MR) is 66.9 cm³/mol. The molecule has 0 bridgehead atoms. The molecule has 1 unspecified atom stereocenters. The van der Waals surface area contributed by atoms with Crippen molar-refractivity contribution in [3.8, 4) is 0 Å². The van der Waals surface area contributed by atoms with Gasteiger partial charge in [0, 0.05) is 32.5 Å². The Morgan fingerprint density at radius 3 is 2.83 bits per heavy atom. The molecule has 6 nitrogen and oxygen atoms in total. The summed E-state index contributed by atoms with van der Waals surface area (Å²) in [6.45, 7) is 5.00. The Labute approximate surface area is 106 Å². The van der Waals surface area contributed by atoms with Crippen LogP contribution in [0.5, 0.6) is 0 Å². The number of oxime groups is 1. The lowest BCUT2D eigenvalue weighted by molar-refractivity contribution is 0.0723. The summed E-state index contributed by atoms with van der Waals surface area (Å²) in [5.41, 5.74) is 2.20. The Bertz CT molecular complexity index is 492. The molecule has 18 heavy (non-hydrogen) atoms. The maximum atomic E-state index is 12.3.